The maximum Gasteiger partial charge on any atom is 0.227 e. The first-order valence-corrected chi connectivity index (χ1v) is 9.48. The van der Waals surface area contributed by atoms with Gasteiger partial charge in [-0.15, -0.1) is 5.10 Å². The molecule has 0 atom stereocenters. The van der Waals surface area contributed by atoms with E-state index in [1.165, 1.54) is 19.3 Å². The molecule has 0 aromatic carbocycles. The maximum absolute atomic E-state index is 4.83. The largest absolute Gasteiger partial charge is 0.356 e. The minimum Gasteiger partial charge on any atom is -0.356 e. The Labute approximate surface area is 156 Å². The number of piperidine rings is 1. The molecule has 0 aliphatic carbocycles. The molecule has 10 heteroatoms. The summed E-state index contributed by atoms with van der Waals surface area (Å²) in [5.41, 5.74) is 0.660. The molecule has 2 fully saturated rings. The number of tetrazole rings is 1. The molecular formula is C17H22N10. The molecule has 0 spiro atoms. The molecule has 3 aromatic heterocycles. The van der Waals surface area contributed by atoms with Crippen molar-refractivity contribution in [2.24, 2.45) is 0 Å². The van der Waals surface area contributed by atoms with Crippen molar-refractivity contribution in [1.82, 2.24) is 35.0 Å². The van der Waals surface area contributed by atoms with Gasteiger partial charge in [-0.25, -0.2) is 4.98 Å². The molecule has 140 valence electrons. The zero-order valence-electron chi connectivity index (χ0n) is 15.1. The van der Waals surface area contributed by atoms with Crippen LogP contribution < -0.4 is 14.7 Å². The molecule has 2 aliphatic rings. The van der Waals surface area contributed by atoms with Gasteiger partial charge in [0.1, 0.15) is 5.82 Å². The van der Waals surface area contributed by atoms with Crippen LogP contribution in [0.3, 0.4) is 0 Å². The van der Waals surface area contributed by atoms with E-state index in [2.05, 4.69) is 40.2 Å². The summed E-state index contributed by atoms with van der Waals surface area (Å²) in [4.78, 5) is 20.5. The van der Waals surface area contributed by atoms with Gasteiger partial charge in [0.25, 0.3) is 0 Å². The van der Waals surface area contributed by atoms with Crippen LogP contribution >= 0.6 is 0 Å². The number of piperazine rings is 1. The van der Waals surface area contributed by atoms with Gasteiger partial charge in [0, 0.05) is 45.5 Å². The van der Waals surface area contributed by atoms with Crippen LogP contribution in [0.5, 0.6) is 0 Å². The third-order valence-electron chi connectivity index (χ3n) is 5.29. The summed E-state index contributed by atoms with van der Waals surface area (Å²) in [5, 5.41) is 11.8. The molecule has 0 unspecified atom stereocenters. The summed E-state index contributed by atoms with van der Waals surface area (Å²) < 4.78 is 1.73. The van der Waals surface area contributed by atoms with Gasteiger partial charge in [-0.1, -0.05) is 0 Å². The van der Waals surface area contributed by atoms with Gasteiger partial charge >= 0.3 is 0 Å². The normalized spacial score (nSPS) is 18.3. The van der Waals surface area contributed by atoms with Crippen molar-refractivity contribution in [2.45, 2.75) is 19.3 Å². The van der Waals surface area contributed by atoms with E-state index in [0.717, 1.165) is 56.9 Å². The van der Waals surface area contributed by atoms with Crippen molar-refractivity contribution in [1.29, 1.82) is 0 Å². The third-order valence-corrected chi connectivity index (χ3v) is 5.29. The topological polar surface area (TPSA) is 91.5 Å². The highest BCUT2D eigenvalue weighted by Crippen LogP contribution is 2.21. The Morgan fingerprint density at radius 2 is 1.63 bits per heavy atom. The maximum atomic E-state index is 4.83. The molecular weight excluding hydrogens is 344 g/mol. The van der Waals surface area contributed by atoms with Crippen molar-refractivity contribution >= 4 is 23.2 Å². The highest BCUT2D eigenvalue weighted by Gasteiger charge is 2.22. The standard InChI is InChI=1S/C17H22N10/c1-2-6-24(7-3-1)14-4-5-19-17(20-14)26-10-8-25(9-11-26)16-13-18-12-15-21-22-23-27(15)16/h4-5,12-13H,1-3,6-11H2. The number of aromatic nitrogens is 7. The van der Waals surface area contributed by atoms with Gasteiger partial charge in [0.05, 0.1) is 12.4 Å². The summed E-state index contributed by atoms with van der Waals surface area (Å²) in [6.07, 6.45) is 9.17. The van der Waals surface area contributed by atoms with E-state index in [1.54, 1.807) is 10.7 Å². The van der Waals surface area contributed by atoms with Crippen LogP contribution in [0.15, 0.2) is 24.7 Å². The monoisotopic (exact) mass is 366 g/mol. The molecule has 27 heavy (non-hydrogen) atoms. The first-order chi connectivity index (χ1) is 13.4. The average Bonchev–Trinajstić information content (AvgIpc) is 3.24. The molecule has 10 nitrogen and oxygen atoms in total. The SMILES string of the molecule is c1cc(N2CCCCC2)nc(N2CCN(c3cncc4nnnn34)CC2)n1. The second-order valence-corrected chi connectivity index (χ2v) is 6.95. The zero-order valence-corrected chi connectivity index (χ0v) is 15.1. The highest BCUT2D eigenvalue weighted by atomic mass is 15.5. The Bertz CT molecular complexity index is 911. The van der Waals surface area contributed by atoms with E-state index in [1.807, 2.05) is 18.5 Å². The van der Waals surface area contributed by atoms with Gasteiger partial charge in [-0.3, -0.25) is 4.98 Å². The van der Waals surface area contributed by atoms with Crippen molar-refractivity contribution < 1.29 is 0 Å². The minimum absolute atomic E-state index is 0.660. The fraction of sp³-hybridized carbons (Fsp3) is 0.529. The van der Waals surface area contributed by atoms with Crippen molar-refractivity contribution in [3.05, 3.63) is 24.7 Å². The molecule has 0 N–H and O–H groups in total. The quantitative estimate of drug-likeness (QED) is 0.661. The van der Waals surface area contributed by atoms with E-state index in [9.17, 15) is 0 Å². The fourth-order valence-corrected chi connectivity index (χ4v) is 3.80. The Morgan fingerprint density at radius 3 is 2.48 bits per heavy atom. The van der Waals surface area contributed by atoms with E-state index in [-0.39, 0.29) is 0 Å². The van der Waals surface area contributed by atoms with E-state index in [0.29, 0.717) is 5.65 Å². The number of anilines is 3. The molecule has 2 saturated heterocycles. The summed E-state index contributed by atoms with van der Waals surface area (Å²) in [6.45, 7) is 5.57. The zero-order chi connectivity index (χ0) is 18.1. The summed E-state index contributed by atoms with van der Waals surface area (Å²) >= 11 is 0. The number of nitrogens with zero attached hydrogens (tertiary/aromatic N) is 10. The number of hydrogen-bond donors (Lipinski definition) is 0. The van der Waals surface area contributed by atoms with Crippen LogP contribution in [0.1, 0.15) is 19.3 Å². The van der Waals surface area contributed by atoms with Crippen molar-refractivity contribution in [3.8, 4) is 0 Å². The smallest absolute Gasteiger partial charge is 0.227 e. The molecule has 2 aliphatic heterocycles. The lowest BCUT2D eigenvalue weighted by Gasteiger charge is -2.36. The molecule has 0 radical (unpaired) electrons. The second kappa shape index (κ2) is 6.93. The lowest BCUT2D eigenvalue weighted by molar-refractivity contribution is 0.571. The molecule has 3 aromatic rings. The lowest BCUT2D eigenvalue weighted by atomic mass is 10.1. The number of fused-ring (bicyclic) bond motifs is 1. The van der Waals surface area contributed by atoms with Crippen LogP contribution in [0.4, 0.5) is 17.6 Å². The number of rotatable bonds is 3. The van der Waals surface area contributed by atoms with E-state index >= 15 is 0 Å². The van der Waals surface area contributed by atoms with Crippen LogP contribution in [0.2, 0.25) is 0 Å². The van der Waals surface area contributed by atoms with Crippen molar-refractivity contribution in [3.63, 3.8) is 0 Å². The van der Waals surface area contributed by atoms with E-state index < -0.39 is 0 Å². The minimum atomic E-state index is 0.660. The molecule has 5 heterocycles. The van der Waals surface area contributed by atoms with Crippen LogP contribution in [-0.2, 0) is 0 Å². The van der Waals surface area contributed by atoms with E-state index in [4.69, 9.17) is 4.98 Å². The molecule has 0 saturated carbocycles. The Hall–Kier alpha value is -3.04. The van der Waals surface area contributed by atoms with Gasteiger partial charge in [-0.2, -0.15) is 9.50 Å². The van der Waals surface area contributed by atoms with Crippen LogP contribution in [0, 0.1) is 0 Å². The van der Waals surface area contributed by atoms with Gasteiger partial charge in [-0.05, 0) is 35.8 Å². The van der Waals surface area contributed by atoms with Gasteiger partial charge in [0.15, 0.2) is 11.5 Å². The molecule has 5 rings (SSSR count). The third kappa shape index (κ3) is 3.11. The average molecular weight is 366 g/mol. The molecule has 0 amide bonds. The summed E-state index contributed by atoms with van der Waals surface area (Å²) in [7, 11) is 0. The summed E-state index contributed by atoms with van der Waals surface area (Å²) in [6, 6.07) is 2.02. The first kappa shape index (κ1) is 16.2. The van der Waals surface area contributed by atoms with Gasteiger partial charge < -0.3 is 14.7 Å². The number of hydrogen-bond acceptors (Lipinski definition) is 9. The molecule has 0 bridgehead atoms. The summed E-state index contributed by atoms with van der Waals surface area (Å²) in [5.74, 6) is 2.78. The fourth-order valence-electron chi connectivity index (χ4n) is 3.80. The van der Waals surface area contributed by atoms with Gasteiger partial charge in [0.2, 0.25) is 5.95 Å². The predicted molar refractivity (Wildman–Crippen MR) is 101 cm³/mol. The highest BCUT2D eigenvalue weighted by molar-refractivity contribution is 5.49. The first-order valence-electron chi connectivity index (χ1n) is 9.48. The lowest BCUT2D eigenvalue weighted by Crippen LogP contribution is -2.47. The van der Waals surface area contributed by atoms with Crippen LogP contribution in [-0.4, -0.2) is 74.3 Å². The van der Waals surface area contributed by atoms with Crippen molar-refractivity contribution in [2.75, 3.05) is 54.0 Å². The second-order valence-electron chi connectivity index (χ2n) is 6.95. The van der Waals surface area contributed by atoms with Crippen LogP contribution in [0.25, 0.3) is 5.65 Å². The predicted octanol–water partition coefficient (Wildman–Crippen LogP) is 0.626. The Balaban J connectivity index is 1.30. The Morgan fingerprint density at radius 1 is 0.815 bits per heavy atom. The Kier molecular flexibility index (Phi) is 4.15.